The third-order valence-corrected chi connectivity index (χ3v) is 4.80. The summed E-state index contributed by atoms with van der Waals surface area (Å²) in [6.07, 6.45) is 3.52. The Labute approximate surface area is 157 Å². The molecule has 2 rings (SSSR count). The molecule has 0 bridgehead atoms. The van der Waals surface area contributed by atoms with Gasteiger partial charge in [0.05, 0.1) is 7.11 Å². The number of nitrogens with zero attached hydrogens (tertiary/aromatic N) is 2. The number of pyridine rings is 1. The number of amides is 1. The van der Waals surface area contributed by atoms with Gasteiger partial charge < -0.3 is 19.7 Å². The standard InChI is InChI=1S/C17H26IN3O3/c1-17(2,3)24-16(22)21-9-5-6-12(11-21)20-10-13-14(18)7-8-19-15(13)23-4/h7-8,12,20H,5-6,9-11H2,1-4H3. The fraction of sp³-hybridized carbons (Fsp3) is 0.647. The third kappa shape index (κ3) is 5.47. The average molecular weight is 447 g/mol. The highest BCUT2D eigenvalue weighted by Gasteiger charge is 2.27. The Morgan fingerprint density at radius 3 is 2.92 bits per heavy atom. The van der Waals surface area contributed by atoms with Crippen LogP contribution in [0.3, 0.4) is 0 Å². The molecule has 1 N–H and O–H groups in total. The predicted octanol–water partition coefficient (Wildman–Crippen LogP) is 3.18. The SMILES string of the molecule is COc1nccc(I)c1CNC1CCCN(C(=O)OC(C)(C)C)C1. The van der Waals surface area contributed by atoms with E-state index in [1.165, 1.54) is 0 Å². The molecular weight excluding hydrogens is 421 g/mol. The molecular formula is C17H26IN3O3. The Kier molecular flexibility index (Phi) is 6.68. The van der Waals surface area contributed by atoms with Crippen LogP contribution in [0.4, 0.5) is 4.79 Å². The average Bonchev–Trinajstić information content (AvgIpc) is 2.52. The van der Waals surface area contributed by atoms with Crippen molar-refractivity contribution in [2.75, 3.05) is 20.2 Å². The Morgan fingerprint density at radius 1 is 1.50 bits per heavy atom. The van der Waals surface area contributed by atoms with Gasteiger partial charge in [0.2, 0.25) is 5.88 Å². The number of aromatic nitrogens is 1. The highest BCUT2D eigenvalue weighted by atomic mass is 127. The number of halogens is 1. The maximum absolute atomic E-state index is 12.2. The van der Waals surface area contributed by atoms with E-state index in [9.17, 15) is 4.79 Å². The van der Waals surface area contributed by atoms with E-state index in [1.54, 1.807) is 18.2 Å². The molecule has 6 nitrogen and oxygen atoms in total. The molecule has 0 saturated carbocycles. The summed E-state index contributed by atoms with van der Waals surface area (Å²) in [5.41, 5.74) is 0.589. The van der Waals surface area contributed by atoms with Gasteiger partial charge in [-0.2, -0.15) is 0 Å². The van der Waals surface area contributed by atoms with Gasteiger partial charge in [0, 0.05) is 41.0 Å². The summed E-state index contributed by atoms with van der Waals surface area (Å²) in [5.74, 6) is 0.647. The van der Waals surface area contributed by atoms with Gasteiger partial charge in [-0.3, -0.25) is 0 Å². The largest absolute Gasteiger partial charge is 0.481 e. The molecule has 24 heavy (non-hydrogen) atoms. The number of rotatable bonds is 4. The van der Waals surface area contributed by atoms with Crippen molar-refractivity contribution in [3.63, 3.8) is 0 Å². The van der Waals surface area contributed by atoms with Crippen molar-refractivity contribution >= 4 is 28.7 Å². The zero-order valence-corrected chi connectivity index (χ0v) is 16.9. The number of ether oxygens (including phenoxy) is 2. The lowest BCUT2D eigenvalue weighted by atomic mass is 10.1. The van der Waals surface area contributed by atoms with Gasteiger partial charge in [0.1, 0.15) is 5.60 Å². The normalized spacial score (nSPS) is 18.4. The molecule has 1 unspecified atom stereocenters. The van der Waals surface area contributed by atoms with Gasteiger partial charge >= 0.3 is 6.09 Å². The van der Waals surface area contributed by atoms with Crippen LogP contribution in [0.1, 0.15) is 39.2 Å². The van der Waals surface area contributed by atoms with Crippen molar-refractivity contribution in [2.24, 2.45) is 0 Å². The predicted molar refractivity (Wildman–Crippen MR) is 101 cm³/mol. The van der Waals surface area contributed by atoms with E-state index in [1.807, 2.05) is 26.8 Å². The summed E-state index contributed by atoms with van der Waals surface area (Å²) in [4.78, 5) is 18.3. The van der Waals surface area contributed by atoms with Crippen molar-refractivity contribution in [2.45, 2.75) is 51.8 Å². The van der Waals surface area contributed by atoms with Crippen LogP contribution in [0, 0.1) is 3.57 Å². The fourth-order valence-electron chi connectivity index (χ4n) is 2.67. The molecule has 1 atom stereocenters. The first-order valence-electron chi connectivity index (χ1n) is 8.19. The lowest BCUT2D eigenvalue weighted by molar-refractivity contribution is 0.0187. The van der Waals surface area contributed by atoms with Crippen LogP contribution in [0.15, 0.2) is 12.3 Å². The summed E-state index contributed by atoms with van der Waals surface area (Å²) >= 11 is 2.29. The lowest BCUT2D eigenvalue weighted by Gasteiger charge is -2.34. The van der Waals surface area contributed by atoms with E-state index in [-0.39, 0.29) is 12.1 Å². The van der Waals surface area contributed by atoms with E-state index < -0.39 is 5.60 Å². The molecule has 0 radical (unpaired) electrons. The van der Waals surface area contributed by atoms with Crippen LogP contribution in [0.5, 0.6) is 5.88 Å². The molecule has 1 saturated heterocycles. The maximum Gasteiger partial charge on any atom is 0.410 e. The van der Waals surface area contributed by atoms with Gasteiger partial charge in [-0.1, -0.05) is 0 Å². The first-order chi connectivity index (χ1) is 11.3. The smallest absolute Gasteiger partial charge is 0.410 e. The maximum atomic E-state index is 12.2. The summed E-state index contributed by atoms with van der Waals surface area (Å²) in [7, 11) is 1.63. The minimum atomic E-state index is -0.462. The number of methoxy groups -OCH3 is 1. The van der Waals surface area contributed by atoms with Crippen molar-refractivity contribution in [1.29, 1.82) is 0 Å². The second-order valence-corrected chi connectivity index (χ2v) is 8.09. The van der Waals surface area contributed by atoms with Crippen LogP contribution in [-0.4, -0.2) is 47.8 Å². The molecule has 1 aliphatic rings. The number of nitrogens with one attached hydrogen (secondary N) is 1. The third-order valence-electron chi connectivity index (χ3n) is 3.79. The van der Waals surface area contributed by atoms with Crippen LogP contribution < -0.4 is 10.1 Å². The van der Waals surface area contributed by atoms with Crippen molar-refractivity contribution in [3.05, 3.63) is 21.4 Å². The summed E-state index contributed by atoms with van der Waals surface area (Å²) < 4.78 is 11.9. The molecule has 1 amide bonds. The van der Waals surface area contributed by atoms with Gasteiger partial charge in [0.25, 0.3) is 0 Å². The van der Waals surface area contributed by atoms with E-state index in [0.29, 0.717) is 19.0 Å². The van der Waals surface area contributed by atoms with Gasteiger partial charge in [-0.25, -0.2) is 9.78 Å². The highest BCUT2D eigenvalue weighted by molar-refractivity contribution is 14.1. The molecule has 0 aliphatic carbocycles. The summed E-state index contributed by atoms with van der Waals surface area (Å²) in [5, 5.41) is 3.53. The monoisotopic (exact) mass is 447 g/mol. The molecule has 1 aromatic heterocycles. The number of carbonyl (C=O) groups excluding carboxylic acids is 1. The number of piperidine rings is 1. The van der Waals surface area contributed by atoms with Crippen LogP contribution >= 0.6 is 22.6 Å². The number of hydrogen-bond acceptors (Lipinski definition) is 5. The number of carbonyl (C=O) groups is 1. The summed E-state index contributed by atoms with van der Waals surface area (Å²) in [6.45, 7) is 7.75. The van der Waals surface area contributed by atoms with E-state index in [2.05, 4.69) is 32.9 Å². The quantitative estimate of drug-likeness (QED) is 0.719. The Morgan fingerprint density at radius 2 is 2.25 bits per heavy atom. The lowest BCUT2D eigenvalue weighted by Crippen LogP contribution is -2.49. The Hall–Kier alpha value is -1.09. The molecule has 1 fully saturated rings. The van der Waals surface area contributed by atoms with E-state index >= 15 is 0 Å². The van der Waals surface area contributed by atoms with Crippen LogP contribution in [0.25, 0.3) is 0 Å². The van der Waals surface area contributed by atoms with Crippen molar-refractivity contribution in [1.82, 2.24) is 15.2 Å². The van der Waals surface area contributed by atoms with Gasteiger partial charge in [0.15, 0.2) is 0 Å². The zero-order chi connectivity index (χ0) is 17.7. The number of likely N-dealkylation sites (tertiary alicyclic amines) is 1. The first kappa shape index (κ1) is 19.2. The van der Waals surface area contributed by atoms with E-state index in [4.69, 9.17) is 9.47 Å². The van der Waals surface area contributed by atoms with Gasteiger partial charge in [-0.05, 0) is 62.3 Å². The molecule has 0 aromatic carbocycles. The number of hydrogen-bond donors (Lipinski definition) is 1. The van der Waals surface area contributed by atoms with Crippen molar-refractivity contribution in [3.8, 4) is 5.88 Å². The molecule has 1 aromatic rings. The first-order valence-corrected chi connectivity index (χ1v) is 9.26. The topological polar surface area (TPSA) is 63.7 Å². The Balaban J connectivity index is 1.93. The second-order valence-electron chi connectivity index (χ2n) is 6.93. The minimum Gasteiger partial charge on any atom is -0.481 e. The zero-order valence-electron chi connectivity index (χ0n) is 14.8. The molecule has 0 spiro atoms. The molecule has 1 aliphatic heterocycles. The van der Waals surface area contributed by atoms with E-state index in [0.717, 1.165) is 28.5 Å². The second kappa shape index (κ2) is 8.33. The van der Waals surface area contributed by atoms with Crippen LogP contribution in [-0.2, 0) is 11.3 Å². The van der Waals surface area contributed by atoms with Crippen molar-refractivity contribution < 1.29 is 14.3 Å². The fourth-order valence-corrected chi connectivity index (χ4v) is 3.25. The van der Waals surface area contributed by atoms with Crippen LogP contribution in [0.2, 0.25) is 0 Å². The molecule has 7 heteroatoms. The summed E-state index contributed by atoms with van der Waals surface area (Å²) in [6, 6.07) is 2.21. The highest BCUT2D eigenvalue weighted by Crippen LogP contribution is 2.22. The minimum absolute atomic E-state index is 0.234. The van der Waals surface area contributed by atoms with Gasteiger partial charge in [-0.15, -0.1) is 0 Å². The Bertz CT molecular complexity index is 575. The molecule has 134 valence electrons. The molecule has 2 heterocycles.